The number of hydrogen-bond acceptors (Lipinski definition) is 4. The van der Waals surface area contributed by atoms with Gasteiger partial charge in [-0.3, -0.25) is 0 Å². The number of hydrogen-bond donors (Lipinski definition) is 1. The molecule has 1 fully saturated rings. The number of aliphatic imine (C=N–C) groups is 1. The molecular formula is C19H31N3O3. The van der Waals surface area contributed by atoms with Crippen LogP contribution in [-0.2, 0) is 6.54 Å². The third-order valence-corrected chi connectivity index (χ3v) is 4.50. The molecule has 0 amide bonds. The van der Waals surface area contributed by atoms with E-state index in [1.54, 1.807) is 21.3 Å². The number of nitrogens with one attached hydrogen (secondary N) is 1. The van der Waals surface area contributed by atoms with Crippen LogP contribution in [0.25, 0.3) is 0 Å². The van der Waals surface area contributed by atoms with Gasteiger partial charge in [-0.25, -0.2) is 4.99 Å². The molecule has 0 radical (unpaired) electrons. The van der Waals surface area contributed by atoms with Crippen LogP contribution in [-0.4, -0.2) is 51.8 Å². The van der Waals surface area contributed by atoms with Gasteiger partial charge in [-0.2, -0.15) is 0 Å². The van der Waals surface area contributed by atoms with E-state index < -0.39 is 0 Å². The summed E-state index contributed by atoms with van der Waals surface area (Å²) in [4.78, 5) is 7.16. The third-order valence-electron chi connectivity index (χ3n) is 4.50. The molecule has 25 heavy (non-hydrogen) atoms. The predicted octanol–water partition coefficient (Wildman–Crippen LogP) is 2.91. The molecule has 1 N–H and O–H groups in total. The summed E-state index contributed by atoms with van der Waals surface area (Å²) in [5, 5.41) is 3.40. The van der Waals surface area contributed by atoms with Crippen LogP contribution in [0.1, 0.15) is 32.8 Å². The molecular weight excluding hydrogens is 318 g/mol. The highest BCUT2D eigenvalue weighted by atomic mass is 16.5. The molecule has 1 aliphatic heterocycles. The van der Waals surface area contributed by atoms with Crippen LogP contribution in [0.15, 0.2) is 17.1 Å². The van der Waals surface area contributed by atoms with Gasteiger partial charge in [0, 0.05) is 31.3 Å². The number of ether oxygens (including phenoxy) is 3. The predicted molar refractivity (Wildman–Crippen MR) is 101 cm³/mol. The zero-order chi connectivity index (χ0) is 18.4. The second-order valence-electron chi connectivity index (χ2n) is 7.02. The van der Waals surface area contributed by atoms with Crippen LogP contribution >= 0.6 is 0 Å². The average Bonchev–Trinajstić information content (AvgIpc) is 2.97. The summed E-state index contributed by atoms with van der Waals surface area (Å²) < 4.78 is 16.2. The smallest absolute Gasteiger partial charge is 0.194 e. The van der Waals surface area contributed by atoms with Gasteiger partial charge in [0.15, 0.2) is 17.5 Å². The Bertz CT molecular complexity index is 614. The average molecular weight is 349 g/mol. The number of likely N-dealkylation sites (tertiary alicyclic amines) is 1. The molecule has 1 aromatic carbocycles. The molecule has 6 nitrogen and oxygen atoms in total. The number of benzene rings is 1. The first-order valence-corrected chi connectivity index (χ1v) is 8.76. The zero-order valence-corrected chi connectivity index (χ0v) is 16.3. The highest BCUT2D eigenvalue weighted by Gasteiger charge is 2.30. The van der Waals surface area contributed by atoms with Gasteiger partial charge in [0.25, 0.3) is 0 Å². The van der Waals surface area contributed by atoms with Gasteiger partial charge in [0.05, 0.1) is 27.9 Å². The topological polar surface area (TPSA) is 55.3 Å². The molecule has 6 heteroatoms. The second-order valence-corrected chi connectivity index (χ2v) is 7.02. The van der Waals surface area contributed by atoms with Crippen molar-refractivity contribution in [2.24, 2.45) is 10.4 Å². The maximum absolute atomic E-state index is 5.50. The number of nitrogens with zero attached hydrogens (tertiary/aromatic N) is 2. The first-order valence-electron chi connectivity index (χ1n) is 8.76. The van der Waals surface area contributed by atoms with Crippen LogP contribution in [0.5, 0.6) is 17.2 Å². The SMILES string of the molecule is CCNC(=NCc1cc(OC)c(OC)cc1OC)N1CCC(C)(C)C1. The molecule has 0 unspecified atom stereocenters. The molecule has 0 aromatic heterocycles. The standard InChI is InChI=1S/C19H31N3O3/c1-7-20-18(22-9-8-19(2,3)13-22)21-12-14-10-16(24-5)17(25-6)11-15(14)23-4/h10-11H,7-9,12-13H2,1-6H3,(H,20,21). The van der Waals surface area contributed by atoms with E-state index in [0.29, 0.717) is 23.5 Å². The molecule has 1 aliphatic rings. The second kappa shape index (κ2) is 8.32. The minimum atomic E-state index is 0.331. The van der Waals surface area contributed by atoms with Crippen molar-refractivity contribution >= 4 is 5.96 Å². The van der Waals surface area contributed by atoms with Crippen molar-refractivity contribution in [3.8, 4) is 17.2 Å². The van der Waals surface area contributed by atoms with Gasteiger partial charge in [-0.1, -0.05) is 13.8 Å². The van der Waals surface area contributed by atoms with E-state index in [-0.39, 0.29) is 0 Å². The van der Waals surface area contributed by atoms with Gasteiger partial charge < -0.3 is 24.4 Å². The third kappa shape index (κ3) is 4.71. The van der Waals surface area contributed by atoms with Gasteiger partial charge in [0.1, 0.15) is 5.75 Å². The molecule has 0 saturated carbocycles. The first kappa shape index (κ1) is 19.2. The van der Waals surface area contributed by atoms with Crippen LogP contribution in [0, 0.1) is 5.41 Å². The molecule has 0 atom stereocenters. The van der Waals surface area contributed by atoms with E-state index in [1.807, 2.05) is 12.1 Å². The van der Waals surface area contributed by atoms with Crippen molar-refractivity contribution in [1.29, 1.82) is 0 Å². The summed E-state index contributed by atoms with van der Waals surface area (Å²) in [5.41, 5.74) is 1.30. The van der Waals surface area contributed by atoms with Gasteiger partial charge in [-0.05, 0) is 24.8 Å². The largest absolute Gasteiger partial charge is 0.496 e. The van der Waals surface area contributed by atoms with Crippen molar-refractivity contribution in [3.63, 3.8) is 0 Å². The highest BCUT2D eigenvalue weighted by molar-refractivity contribution is 5.80. The molecule has 0 aliphatic carbocycles. The maximum Gasteiger partial charge on any atom is 0.194 e. The first-order chi connectivity index (χ1) is 11.9. The monoisotopic (exact) mass is 349 g/mol. The Morgan fingerprint density at radius 2 is 1.76 bits per heavy atom. The molecule has 1 aromatic rings. The Morgan fingerprint density at radius 3 is 2.28 bits per heavy atom. The number of methoxy groups -OCH3 is 3. The van der Waals surface area contributed by atoms with Gasteiger partial charge in [0.2, 0.25) is 0 Å². The maximum atomic E-state index is 5.50. The lowest BCUT2D eigenvalue weighted by Gasteiger charge is -2.24. The molecule has 2 rings (SSSR count). The Labute approximate surface area is 151 Å². The van der Waals surface area contributed by atoms with Gasteiger partial charge in [-0.15, -0.1) is 0 Å². The van der Waals surface area contributed by atoms with Crippen LogP contribution in [0.3, 0.4) is 0 Å². The van der Waals surface area contributed by atoms with Crippen molar-refractivity contribution in [1.82, 2.24) is 10.2 Å². The summed E-state index contributed by atoms with van der Waals surface area (Å²) in [7, 11) is 4.91. The van der Waals surface area contributed by atoms with Crippen molar-refractivity contribution in [2.75, 3.05) is 41.0 Å². The lowest BCUT2D eigenvalue weighted by atomic mass is 9.93. The molecule has 140 valence electrons. The summed E-state index contributed by atoms with van der Waals surface area (Å²) in [6.45, 7) is 10.1. The van der Waals surface area contributed by atoms with Crippen LogP contribution in [0.4, 0.5) is 0 Å². The van der Waals surface area contributed by atoms with E-state index in [0.717, 1.165) is 36.9 Å². The summed E-state index contributed by atoms with van der Waals surface area (Å²) >= 11 is 0. The quantitative estimate of drug-likeness (QED) is 0.632. The normalized spacial score (nSPS) is 16.7. The van der Waals surface area contributed by atoms with E-state index in [9.17, 15) is 0 Å². The van der Waals surface area contributed by atoms with E-state index >= 15 is 0 Å². The minimum Gasteiger partial charge on any atom is -0.496 e. The van der Waals surface area contributed by atoms with Crippen molar-refractivity contribution in [2.45, 2.75) is 33.7 Å². The Balaban J connectivity index is 2.25. The van der Waals surface area contributed by atoms with Crippen molar-refractivity contribution < 1.29 is 14.2 Å². The molecule has 1 saturated heterocycles. The van der Waals surface area contributed by atoms with Crippen LogP contribution < -0.4 is 19.5 Å². The summed E-state index contributed by atoms with van der Waals surface area (Å²) in [5.74, 6) is 3.03. The molecule has 0 spiro atoms. The lowest BCUT2D eigenvalue weighted by molar-refractivity contribution is 0.347. The van der Waals surface area contributed by atoms with Gasteiger partial charge >= 0.3 is 0 Å². The minimum absolute atomic E-state index is 0.331. The fourth-order valence-corrected chi connectivity index (χ4v) is 3.10. The summed E-state index contributed by atoms with van der Waals surface area (Å²) in [6, 6.07) is 3.77. The number of guanidine groups is 1. The Kier molecular flexibility index (Phi) is 6.39. The lowest BCUT2D eigenvalue weighted by Crippen LogP contribution is -2.40. The van der Waals surface area contributed by atoms with Crippen LogP contribution in [0.2, 0.25) is 0 Å². The zero-order valence-electron chi connectivity index (χ0n) is 16.3. The fourth-order valence-electron chi connectivity index (χ4n) is 3.10. The Morgan fingerprint density at radius 1 is 1.12 bits per heavy atom. The number of rotatable bonds is 6. The van der Waals surface area contributed by atoms with Crippen molar-refractivity contribution in [3.05, 3.63) is 17.7 Å². The fraction of sp³-hybridized carbons (Fsp3) is 0.632. The molecule has 1 heterocycles. The molecule has 0 bridgehead atoms. The summed E-state index contributed by atoms with van der Waals surface area (Å²) in [6.07, 6.45) is 1.18. The van der Waals surface area contributed by atoms with E-state index in [2.05, 4.69) is 31.0 Å². The van der Waals surface area contributed by atoms with E-state index in [4.69, 9.17) is 19.2 Å². The van der Waals surface area contributed by atoms with E-state index in [1.165, 1.54) is 6.42 Å². The Hall–Kier alpha value is -2.11. The highest BCUT2D eigenvalue weighted by Crippen LogP contribution is 2.35.